The number of carbonyl (C=O) groups is 1. The molecule has 3 rings (SSSR count). The third-order valence-corrected chi connectivity index (χ3v) is 4.89. The van der Waals surface area contributed by atoms with Gasteiger partial charge in [-0.1, -0.05) is 32.4 Å². The van der Waals surface area contributed by atoms with Crippen LogP contribution < -0.4 is 10.2 Å². The first-order valence-electron chi connectivity index (χ1n) is 7.74. The first-order chi connectivity index (χ1) is 9.59. The number of nitrogens with zero attached hydrogens (tertiary/aromatic N) is 1. The number of hydrogen-bond acceptors (Lipinski definition) is 2. The Bertz CT molecular complexity index is 509. The molecule has 1 saturated carbocycles. The largest absolute Gasteiger partial charge is 0.383 e. The molecule has 108 valence electrons. The molecule has 0 spiro atoms. The van der Waals surface area contributed by atoms with E-state index in [-0.39, 0.29) is 11.3 Å². The summed E-state index contributed by atoms with van der Waals surface area (Å²) in [5, 5.41) is 3.43. The SMILES string of the molecule is CC1(C)CCCC1C(=O)N1CCCNc2ccccc21. The van der Waals surface area contributed by atoms with Crippen molar-refractivity contribution in [3.63, 3.8) is 0 Å². The van der Waals surface area contributed by atoms with Crippen LogP contribution in [0.2, 0.25) is 0 Å². The van der Waals surface area contributed by atoms with Crippen LogP contribution in [0.1, 0.15) is 39.5 Å². The summed E-state index contributed by atoms with van der Waals surface area (Å²) >= 11 is 0. The van der Waals surface area contributed by atoms with Crippen LogP contribution in [0.25, 0.3) is 0 Å². The number of nitrogens with one attached hydrogen (secondary N) is 1. The van der Waals surface area contributed by atoms with Gasteiger partial charge in [-0.25, -0.2) is 0 Å². The first kappa shape index (κ1) is 13.5. The number of amides is 1. The van der Waals surface area contributed by atoms with E-state index in [2.05, 4.69) is 31.3 Å². The minimum atomic E-state index is 0.145. The number of carbonyl (C=O) groups excluding carboxylic acids is 1. The normalized spacial score (nSPS) is 24.7. The Morgan fingerprint density at radius 1 is 1.30 bits per heavy atom. The zero-order valence-corrected chi connectivity index (χ0v) is 12.5. The van der Waals surface area contributed by atoms with Crippen LogP contribution in [0.4, 0.5) is 11.4 Å². The summed E-state index contributed by atoms with van der Waals surface area (Å²) in [6.07, 6.45) is 4.39. The highest BCUT2D eigenvalue weighted by Gasteiger charge is 2.41. The summed E-state index contributed by atoms with van der Waals surface area (Å²) in [6, 6.07) is 8.18. The summed E-state index contributed by atoms with van der Waals surface area (Å²) < 4.78 is 0. The van der Waals surface area contributed by atoms with Crippen molar-refractivity contribution >= 4 is 17.3 Å². The molecule has 1 heterocycles. The Morgan fingerprint density at radius 3 is 2.85 bits per heavy atom. The molecule has 0 bridgehead atoms. The van der Waals surface area contributed by atoms with Crippen molar-refractivity contribution in [3.05, 3.63) is 24.3 Å². The smallest absolute Gasteiger partial charge is 0.230 e. The van der Waals surface area contributed by atoms with Crippen LogP contribution >= 0.6 is 0 Å². The minimum Gasteiger partial charge on any atom is -0.383 e. The fraction of sp³-hybridized carbons (Fsp3) is 0.588. The molecule has 1 unspecified atom stereocenters. The second-order valence-electron chi connectivity index (χ2n) is 6.72. The predicted molar refractivity (Wildman–Crippen MR) is 83.0 cm³/mol. The van der Waals surface area contributed by atoms with E-state index in [1.54, 1.807) is 0 Å². The number of fused-ring (bicyclic) bond motifs is 1. The van der Waals surface area contributed by atoms with Gasteiger partial charge in [-0.15, -0.1) is 0 Å². The molecule has 1 aromatic carbocycles. The number of rotatable bonds is 1. The Kier molecular flexibility index (Phi) is 3.45. The van der Waals surface area contributed by atoms with Gasteiger partial charge in [0.25, 0.3) is 0 Å². The van der Waals surface area contributed by atoms with Gasteiger partial charge in [0.15, 0.2) is 0 Å². The standard InChI is InChI=1S/C17H24N2O/c1-17(2)10-5-7-13(17)16(20)19-12-6-11-18-14-8-3-4-9-15(14)19/h3-4,8-9,13,18H,5-7,10-12H2,1-2H3. The molecule has 1 amide bonds. The quantitative estimate of drug-likeness (QED) is 0.846. The molecule has 2 aliphatic rings. The average molecular weight is 272 g/mol. The second kappa shape index (κ2) is 5.12. The van der Waals surface area contributed by atoms with Crippen LogP contribution in [-0.4, -0.2) is 19.0 Å². The maximum Gasteiger partial charge on any atom is 0.230 e. The van der Waals surface area contributed by atoms with Gasteiger partial charge in [0, 0.05) is 19.0 Å². The van der Waals surface area contributed by atoms with Gasteiger partial charge >= 0.3 is 0 Å². The van der Waals surface area contributed by atoms with Crippen molar-refractivity contribution in [1.82, 2.24) is 0 Å². The van der Waals surface area contributed by atoms with E-state index in [1.807, 2.05) is 17.0 Å². The summed E-state index contributed by atoms with van der Waals surface area (Å²) in [5.41, 5.74) is 2.29. The zero-order valence-electron chi connectivity index (χ0n) is 12.5. The van der Waals surface area contributed by atoms with Gasteiger partial charge < -0.3 is 10.2 Å². The molecule has 1 N–H and O–H groups in total. The highest BCUT2D eigenvalue weighted by molar-refractivity contribution is 5.98. The maximum atomic E-state index is 13.0. The summed E-state index contributed by atoms with van der Waals surface area (Å²) in [7, 11) is 0. The molecule has 20 heavy (non-hydrogen) atoms. The van der Waals surface area contributed by atoms with E-state index in [4.69, 9.17) is 0 Å². The van der Waals surface area contributed by atoms with Crippen LogP contribution in [0, 0.1) is 11.3 Å². The van der Waals surface area contributed by atoms with Crippen LogP contribution in [0.5, 0.6) is 0 Å². The lowest BCUT2D eigenvalue weighted by Gasteiger charge is -2.32. The van der Waals surface area contributed by atoms with E-state index >= 15 is 0 Å². The Hall–Kier alpha value is -1.51. The van der Waals surface area contributed by atoms with E-state index in [0.29, 0.717) is 5.91 Å². The van der Waals surface area contributed by atoms with Gasteiger partial charge in [-0.2, -0.15) is 0 Å². The zero-order chi connectivity index (χ0) is 14.2. The van der Waals surface area contributed by atoms with Crippen molar-refractivity contribution in [2.24, 2.45) is 11.3 Å². The molecule has 0 radical (unpaired) electrons. The summed E-state index contributed by atoms with van der Waals surface area (Å²) in [4.78, 5) is 15.1. The van der Waals surface area contributed by atoms with Gasteiger partial charge in [0.2, 0.25) is 5.91 Å². The van der Waals surface area contributed by atoms with Crippen molar-refractivity contribution in [3.8, 4) is 0 Å². The molecule has 1 fully saturated rings. The lowest BCUT2D eigenvalue weighted by molar-refractivity contribution is -0.124. The molecule has 1 aliphatic carbocycles. The van der Waals surface area contributed by atoms with Crippen LogP contribution in [-0.2, 0) is 4.79 Å². The monoisotopic (exact) mass is 272 g/mol. The van der Waals surface area contributed by atoms with Gasteiger partial charge in [0.1, 0.15) is 0 Å². The van der Waals surface area contributed by atoms with Crippen molar-refractivity contribution < 1.29 is 4.79 Å². The van der Waals surface area contributed by atoms with Crippen molar-refractivity contribution in [2.75, 3.05) is 23.3 Å². The van der Waals surface area contributed by atoms with Gasteiger partial charge in [0.05, 0.1) is 11.4 Å². The predicted octanol–water partition coefficient (Wildman–Crippen LogP) is 3.66. The van der Waals surface area contributed by atoms with Crippen molar-refractivity contribution in [1.29, 1.82) is 0 Å². The van der Waals surface area contributed by atoms with E-state index in [1.165, 1.54) is 6.42 Å². The van der Waals surface area contributed by atoms with E-state index < -0.39 is 0 Å². The molecule has 1 aliphatic heterocycles. The number of anilines is 2. The second-order valence-corrected chi connectivity index (χ2v) is 6.72. The maximum absolute atomic E-state index is 13.0. The summed E-state index contributed by atoms with van der Waals surface area (Å²) in [6.45, 7) is 6.25. The topological polar surface area (TPSA) is 32.3 Å². The Balaban J connectivity index is 1.91. The summed E-state index contributed by atoms with van der Waals surface area (Å²) in [5.74, 6) is 0.498. The third-order valence-electron chi connectivity index (χ3n) is 4.89. The highest BCUT2D eigenvalue weighted by Crippen LogP contribution is 2.44. The third kappa shape index (κ3) is 2.30. The number of hydrogen-bond donors (Lipinski definition) is 1. The Labute approximate surface area is 121 Å². The lowest BCUT2D eigenvalue weighted by Crippen LogP contribution is -2.40. The first-order valence-corrected chi connectivity index (χ1v) is 7.74. The molecule has 0 saturated heterocycles. The molecule has 1 atom stereocenters. The molecular formula is C17H24N2O. The molecule has 3 heteroatoms. The molecular weight excluding hydrogens is 248 g/mol. The van der Waals surface area contributed by atoms with Crippen molar-refractivity contribution in [2.45, 2.75) is 39.5 Å². The van der Waals surface area contributed by atoms with E-state index in [9.17, 15) is 4.79 Å². The number of para-hydroxylation sites is 2. The number of benzene rings is 1. The minimum absolute atomic E-state index is 0.145. The van der Waals surface area contributed by atoms with E-state index in [0.717, 1.165) is 43.7 Å². The highest BCUT2D eigenvalue weighted by atomic mass is 16.2. The lowest BCUT2D eigenvalue weighted by atomic mass is 9.81. The van der Waals surface area contributed by atoms with Gasteiger partial charge in [-0.3, -0.25) is 4.79 Å². The Morgan fingerprint density at radius 2 is 2.10 bits per heavy atom. The van der Waals surface area contributed by atoms with Gasteiger partial charge in [-0.05, 0) is 36.8 Å². The molecule has 0 aromatic heterocycles. The fourth-order valence-electron chi connectivity index (χ4n) is 3.64. The average Bonchev–Trinajstić information content (AvgIpc) is 2.67. The molecule has 1 aromatic rings. The fourth-order valence-corrected chi connectivity index (χ4v) is 3.64. The molecule has 3 nitrogen and oxygen atoms in total. The van der Waals surface area contributed by atoms with Crippen LogP contribution in [0.3, 0.4) is 0 Å². The van der Waals surface area contributed by atoms with Crippen LogP contribution in [0.15, 0.2) is 24.3 Å².